The Bertz CT molecular complexity index is 866. The minimum Gasteiger partial charge on any atom is -0.504 e. The summed E-state index contributed by atoms with van der Waals surface area (Å²) in [6.45, 7) is 2.01. The highest BCUT2D eigenvalue weighted by Gasteiger charge is 2.40. The summed E-state index contributed by atoms with van der Waals surface area (Å²) in [6.07, 6.45) is -0.717. The van der Waals surface area contributed by atoms with E-state index in [1.807, 2.05) is 6.07 Å². The first kappa shape index (κ1) is 19.2. The van der Waals surface area contributed by atoms with Gasteiger partial charge in [0.25, 0.3) is 0 Å². The van der Waals surface area contributed by atoms with Gasteiger partial charge in [-0.2, -0.15) is 5.26 Å². The SMILES string of the molecule is CC1(CC#N)CCN(Cc2c(F)cc(-c3ccccc3)c(O)c2F)CC1F. The van der Waals surface area contributed by atoms with Crippen LogP contribution in [-0.2, 0) is 6.54 Å². The molecule has 6 heteroatoms. The van der Waals surface area contributed by atoms with E-state index in [1.165, 1.54) is 0 Å². The van der Waals surface area contributed by atoms with E-state index < -0.39 is 29.0 Å². The Balaban J connectivity index is 1.83. The normalized spacial score (nSPS) is 23.1. The van der Waals surface area contributed by atoms with Crippen LogP contribution in [0, 0.1) is 28.4 Å². The van der Waals surface area contributed by atoms with Gasteiger partial charge in [0.05, 0.1) is 6.07 Å². The van der Waals surface area contributed by atoms with E-state index in [1.54, 1.807) is 42.2 Å². The van der Waals surface area contributed by atoms with Crippen molar-refractivity contribution in [2.45, 2.75) is 32.5 Å². The zero-order chi connectivity index (χ0) is 19.6. The maximum absolute atomic E-state index is 14.7. The first-order valence-electron chi connectivity index (χ1n) is 8.84. The average molecular weight is 374 g/mol. The number of rotatable bonds is 4. The number of alkyl halides is 1. The molecule has 1 fully saturated rings. The number of aromatic hydroxyl groups is 1. The van der Waals surface area contributed by atoms with Crippen molar-refractivity contribution < 1.29 is 18.3 Å². The Hall–Kier alpha value is -2.52. The first-order chi connectivity index (χ1) is 12.9. The summed E-state index contributed by atoms with van der Waals surface area (Å²) in [5, 5.41) is 19.1. The quantitative estimate of drug-likeness (QED) is 0.836. The maximum Gasteiger partial charge on any atom is 0.172 e. The molecule has 3 rings (SSSR count). The van der Waals surface area contributed by atoms with Crippen molar-refractivity contribution in [1.82, 2.24) is 4.90 Å². The molecular weight excluding hydrogens is 353 g/mol. The van der Waals surface area contributed by atoms with Crippen molar-refractivity contribution >= 4 is 0 Å². The summed E-state index contributed by atoms with van der Waals surface area (Å²) in [5.41, 5.74) is -0.420. The molecule has 0 amide bonds. The Morgan fingerprint density at radius 1 is 1.30 bits per heavy atom. The van der Waals surface area contributed by atoms with Gasteiger partial charge in [0, 0.05) is 36.1 Å². The molecule has 0 aromatic heterocycles. The van der Waals surface area contributed by atoms with Crippen LogP contribution < -0.4 is 0 Å². The van der Waals surface area contributed by atoms with Gasteiger partial charge in [-0.3, -0.25) is 4.90 Å². The lowest BCUT2D eigenvalue weighted by molar-refractivity contribution is 0.0177. The molecule has 142 valence electrons. The lowest BCUT2D eigenvalue weighted by Crippen LogP contribution is -2.47. The van der Waals surface area contributed by atoms with Crippen LogP contribution in [0.25, 0.3) is 11.1 Å². The van der Waals surface area contributed by atoms with Crippen molar-refractivity contribution in [3.05, 3.63) is 53.6 Å². The van der Waals surface area contributed by atoms with Gasteiger partial charge in [-0.25, -0.2) is 13.2 Å². The number of nitriles is 1. The summed E-state index contributed by atoms with van der Waals surface area (Å²) in [6, 6.07) is 11.6. The van der Waals surface area contributed by atoms with Crippen LogP contribution in [0.15, 0.2) is 36.4 Å². The molecule has 0 spiro atoms. The molecule has 0 radical (unpaired) electrons. The van der Waals surface area contributed by atoms with Crippen molar-refractivity contribution in [2.75, 3.05) is 13.1 Å². The third-order valence-electron chi connectivity index (χ3n) is 5.41. The van der Waals surface area contributed by atoms with Crippen LogP contribution in [-0.4, -0.2) is 29.3 Å². The molecule has 2 unspecified atom stereocenters. The van der Waals surface area contributed by atoms with Crippen molar-refractivity contribution in [2.24, 2.45) is 5.41 Å². The molecule has 1 aliphatic heterocycles. The highest BCUT2D eigenvalue weighted by molar-refractivity contribution is 5.71. The summed E-state index contributed by atoms with van der Waals surface area (Å²) < 4.78 is 43.8. The number of halogens is 3. The highest BCUT2D eigenvalue weighted by Crippen LogP contribution is 2.39. The number of phenols is 1. The minimum atomic E-state index is -1.26. The lowest BCUT2D eigenvalue weighted by Gasteiger charge is -2.41. The van der Waals surface area contributed by atoms with E-state index in [4.69, 9.17) is 5.26 Å². The summed E-state index contributed by atoms with van der Waals surface area (Å²) in [5.74, 6) is -2.40. The molecule has 0 aliphatic carbocycles. The van der Waals surface area contributed by atoms with E-state index in [9.17, 15) is 18.3 Å². The second kappa shape index (κ2) is 7.61. The van der Waals surface area contributed by atoms with Crippen LogP contribution in [0.3, 0.4) is 0 Å². The molecule has 2 aromatic carbocycles. The summed E-state index contributed by atoms with van der Waals surface area (Å²) >= 11 is 0. The Morgan fingerprint density at radius 2 is 2.00 bits per heavy atom. The molecule has 1 N–H and O–H groups in total. The molecule has 2 atom stereocenters. The molecular formula is C21H21F3N2O. The summed E-state index contributed by atoms with van der Waals surface area (Å²) in [7, 11) is 0. The fourth-order valence-electron chi connectivity index (χ4n) is 3.49. The number of phenolic OH excluding ortho intramolecular Hbond substituents is 1. The van der Waals surface area contributed by atoms with Crippen LogP contribution in [0.4, 0.5) is 13.2 Å². The van der Waals surface area contributed by atoms with Gasteiger partial charge >= 0.3 is 0 Å². The third kappa shape index (κ3) is 3.79. The fraction of sp³-hybridized carbons (Fsp3) is 0.381. The smallest absolute Gasteiger partial charge is 0.172 e. The van der Waals surface area contributed by atoms with E-state index in [-0.39, 0.29) is 30.6 Å². The van der Waals surface area contributed by atoms with Gasteiger partial charge in [0.15, 0.2) is 11.6 Å². The van der Waals surface area contributed by atoms with Crippen molar-refractivity contribution in [3.8, 4) is 22.9 Å². The van der Waals surface area contributed by atoms with Gasteiger partial charge in [0.1, 0.15) is 12.0 Å². The second-order valence-electron chi connectivity index (χ2n) is 7.35. The van der Waals surface area contributed by atoms with Gasteiger partial charge in [0.2, 0.25) is 0 Å². The molecule has 1 saturated heterocycles. The number of hydrogen-bond donors (Lipinski definition) is 1. The number of piperidine rings is 1. The number of nitrogens with zero attached hydrogens (tertiary/aromatic N) is 2. The predicted octanol–water partition coefficient (Wildman–Crippen LogP) is 4.80. The van der Waals surface area contributed by atoms with Gasteiger partial charge in [-0.05, 0) is 24.6 Å². The van der Waals surface area contributed by atoms with Crippen LogP contribution in [0.5, 0.6) is 5.75 Å². The summed E-state index contributed by atoms with van der Waals surface area (Å²) in [4.78, 5) is 1.62. The molecule has 3 nitrogen and oxygen atoms in total. The monoisotopic (exact) mass is 374 g/mol. The van der Waals surface area contributed by atoms with E-state index in [0.717, 1.165) is 6.07 Å². The number of benzene rings is 2. The molecule has 1 heterocycles. The van der Waals surface area contributed by atoms with Crippen molar-refractivity contribution in [1.29, 1.82) is 5.26 Å². The predicted molar refractivity (Wildman–Crippen MR) is 96.6 cm³/mol. The molecule has 0 bridgehead atoms. The fourth-order valence-corrected chi connectivity index (χ4v) is 3.49. The third-order valence-corrected chi connectivity index (χ3v) is 5.41. The number of hydrogen-bond acceptors (Lipinski definition) is 3. The van der Waals surface area contributed by atoms with Crippen LogP contribution in [0.2, 0.25) is 0 Å². The maximum atomic E-state index is 14.7. The number of likely N-dealkylation sites (tertiary alicyclic amines) is 1. The second-order valence-corrected chi connectivity index (χ2v) is 7.35. The standard InChI is InChI=1S/C21H21F3N2O/c1-21(7-9-25)8-10-26(13-18(21)23)12-16-17(22)11-15(20(27)19(16)24)14-5-3-2-4-6-14/h2-6,11,18,27H,7-8,10,12-13H2,1H3. The highest BCUT2D eigenvalue weighted by atomic mass is 19.1. The Labute approximate surface area is 156 Å². The minimum absolute atomic E-state index is 0.00173. The van der Waals surface area contributed by atoms with Gasteiger partial charge in [-0.1, -0.05) is 37.3 Å². The van der Waals surface area contributed by atoms with E-state index in [0.29, 0.717) is 18.5 Å². The van der Waals surface area contributed by atoms with E-state index in [2.05, 4.69) is 0 Å². The molecule has 1 aliphatic rings. The van der Waals surface area contributed by atoms with E-state index >= 15 is 0 Å². The first-order valence-corrected chi connectivity index (χ1v) is 8.84. The average Bonchev–Trinajstić information content (AvgIpc) is 2.66. The molecule has 2 aromatic rings. The zero-order valence-corrected chi connectivity index (χ0v) is 15.1. The van der Waals surface area contributed by atoms with Crippen molar-refractivity contribution in [3.63, 3.8) is 0 Å². The molecule has 0 saturated carbocycles. The molecule has 27 heavy (non-hydrogen) atoms. The van der Waals surface area contributed by atoms with Crippen LogP contribution >= 0.6 is 0 Å². The largest absolute Gasteiger partial charge is 0.504 e. The Kier molecular flexibility index (Phi) is 5.43. The zero-order valence-electron chi connectivity index (χ0n) is 15.1. The van der Waals surface area contributed by atoms with Gasteiger partial charge < -0.3 is 5.11 Å². The van der Waals surface area contributed by atoms with Gasteiger partial charge in [-0.15, -0.1) is 0 Å². The lowest BCUT2D eigenvalue weighted by atomic mass is 9.76. The Morgan fingerprint density at radius 3 is 2.63 bits per heavy atom. The topological polar surface area (TPSA) is 47.3 Å². The van der Waals surface area contributed by atoms with Crippen LogP contribution in [0.1, 0.15) is 25.3 Å².